The van der Waals surface area contributed by atoms with Crippen molar-refractivity contribution in [2.75, 3.05) is 6.61 Å². The number of carbonyl (C=O) groups excluding carboxylic acids is 2. The zero-order chi connectivity index (χ0) is 18.6. The molecule has 138 valence electrons. The van der Waals surface area contributed by atoms with Gasteiger partial charge in [-0.25, -0.2) is 8.78 Å². The Bertz CT molecular complexity index is 630. The lowest BCUT2D eigenvalue weighted by Gasteiger charge is -2.15. The molecule has 0 amide bonds. The van der Waals surface area contributed by atoms with Crippen molar-refractivity contribution in [1.82, 2.24) is 0 Å². The number of esters is 1. The number of rotatable bonds is 7. The molecule has 1 aliphatic rings. The predicted molar refractivity (Wildman–Crippen MR) is 78.9 cm³/mol. The third-order valence-corrected chi connectivity index (χ3v) is 4.05. The van der Waals surface area contributed by atoms with Crippen molar-refractivity contribution in [3.8, 4) is 5.75 Å². The van der Waals surface area contributed by atoms with Gasteiger partial charge in [0.25, 0.3) is 0 Å². The molecule has 0 spiro atoms. The van der Waals surface area contributed by atoms with Crippen molar-refractivity contribution in [3.05, 3.63) is 29.3 Å². The van der Waals surface area contributed by atoms with Gasteiger partial charge in [0.1, 0.15) is 12.7 Å². The highest BCUT2D eigenvalue weighted by atomic mass is 19.2. The van der Waals surface area contributed by atoms with Crippen LogP contribution < -0.4 is 4.74 Å². The Morgan fingerprint density at radius 1 is 1.12 bits per heavy atom. The maximum atomic E-state index is 13.4. The van der Waals surface area contributed by atoms with E-state index < -0.39 is 53.3 Å². The Hall–Kier alpha value is -2.12. The van der Waals surface area contributed by atoms with Gasteiger partial charge in [0.05, 0.1) is 6.42 Å². The molecule has 0 radical (unpaired) electrons. The smallest absolute Gasteiger partial charge is 0.306 e. The number of benzene rings is 1. The van der Waals surface area contributed by atoms with Gasteiger partial charge in [-0.05, 0) is 25.7 Å². The van der Waals surface area contributed by atoms with E-state index in [1.807, 2.05) is 0 Å². The minimum atomic E-state index is -1.72. The summed E-state index contributed by atoms with van der Waals surface area (Å²) in [6, 6.07) is 0.0427. The normalized spacial score (nSPS) is 15.9. The van der Waals surface area contributed by atoms with E-state index in [1.165, 1.54) is 6.92 Å². The lowest BCUT2D eigenvalue weighted by molar-refractivity contribution is -0.151. The van der Waals surface area contributed by atoms with E-state index >= 15 is 0 Å². The molecule has 1 aliphatic carbocycles. The molecule has 8 heteroatoms. The van der Waals surface area contributed by atoms with Crippen LogP contribution in [0.1, 0.15) is 39.0 Å². The van der Waals surface area contributed by atoms with Crippen LogP contribution in [0.15, 0.2) is 6.07 Å². The largest absolute Gasteiger partial charge is 0.480 e. The Morgan fingerprint density at radius 3 is 2.24 bits per heavy atom. The SMILES string of the molecule is CC(CC(=O)OC1CCCC1)C(=O)COc1c(F)c(F)cc(F)c1F. The molecule has 0 bridgehead atoms. The minimum absolute atomic E-state index is 0.0427. The Kier molecular flexibility index (Phi) is 6.39. The van der Waals surface area contributed by atoms with Crippen LogP contribution in [0.25, 0.3) is 0 Å². The molecule has 1 aromatic rings. The van der Waals surface area contributed by atoms with Crippen molar-refractivity contribution in [3.63, 3.8) is 0 Å². The van der Waals surface area contributed by atoms with E-state index in [-0.39, 0.29) is 18.6 Å². The van der Waals surface area contributed by atoms with Crippen molar-refractivity contribution < 1.29 is 36.6 Å². The quantitative estimate of drug-likeness (QED) is 0.422. The Labute approximate surface area is 142 Å². The third-order valence-electron chi connectivity index (χ3n) is 4.05. The molecule has 0 aromatic heterocycles. The Morgan fingerprint density at radius 2 is 1.68 bits per heavy atom. The molecule has 1 fully saturated rings. The van der Waals surface area contributed by atoms with E-state index in [2.05, 4.69) is 4.74 Å². The zero-order valence-corrected chi connectivity index (χ0v) is 13.6. The highest BCUT2D eigenvalue weighted by Gasteiger charge is 2.25. The van der Waals surface area contributed by atoms with Gasteiger partial charge in [0.2, 0.25) is 11.6 Å². The van der Waals surface area contributed by atoms with Crippen LogP contribution in [0.5, 0.6) is 5.75 Å². The topological polar surface area (TPSA) is 52.6 Å². The number of ether oxygens (including phenoxy) is 2. The maximum absolute atomic E-state index is 13.4. The zero-order valence-electron chi connectivity index (χ0n) is 13.6. The van der Waals surface area contributed by atoms with Crippen molar-refractivity contribution in [2.45, 2.75) is 45.1 Å². The van der Waals surface area contributed by atoms with Crippen LogP contribution in [0.4, 0.5) is 17.6 Å². The molecule has 0 N–H and O–H groups in total. The summed E-state index contributed by atoms with van der Waals surface area (Å²) in [6.45, 7) is 0.606. The average Bonchev–Trinajstić information content (AvgIpc) is 3.05. The monoisotopic (exact) mass is 362 g/mol. The molecule has 1 aromatic carbocycles. The van der Waals surface area contributed by atoms with Crippen LogP contribution in [0, 0.1) is 29.2 Å². The summed E-state index contributed by atoms with van der Waals surface area (Å²) in [7, 11) is 0. The summed E-state index contributed by atoms with van der Waals surface area (Å²) in [5, 5.41) is 0. The summed E-state index contributed by atoms with van der Waals surface area (Å²) < 4.78 is 62.8. The van der Waals surface area contributed by atoms with Crippen molar-refractivity contribution in [1.29, 1.82) is 0 Å². The summed E-state index contributed by atoms with van der Waals surface area (Å²) in [5.74, 6) is -10.0. The Balaban J connectivity index is 1.88. The molecule has 4 nitrogen and oxygen atoms in total. The second-order valence-corrected chi connectivity index (χ2v) is 6.05. The van der Waals surface area contributed by atoms with Crippen LogP contribution in [0.3, 0.4) is 0 Å². The standard InChI is InChI=1S/C17H18F4O4/c1-9(6-14(23)25-10-4-2-3-5-10)13(22)8-24-17-15(20)11(18)7-12(19)16(17)21/h7,9-10H,2-6,8H2,1H3. The lowest BCUT2D eigenvalue weighted by Crippen LogP contribution is -2.25. The van der Waals surface area contributed by atoms with E-state index in [0.717, 1.165) is 25.7 Å². The molecular formula is C17H18F4O4. The number of carbonyl (C=O) groups is 2. The van der Waals surface area contributed by atoms with E-state index in [9.17, 15) is 27.2 Å². The fraction of sp³-hybridized carbons (Fsp3) is 0.529. The first-order valence-electron chi connectivity index (χ1n) is 7.97. The van der Waals surface area contributed by atoms with Crippen LogP contribution in [-0.4, -0.2) is 24.5 Å². The molecule has 1 saturated carbocycles. The summed E-state index contributed by atoms with van der Waals surface area (Å²) in [4.78, 5) is 23.7. The highest BCUT2D eigenvalue weighted by Crippen LogP contribution is 2.27. The van der Waals surface area contributed by atoms with Gasteiger partial charge < -0.3 is 9.47 Å². The maximum Gasteiger partial charge on any atom is 0.306 e. The van der Waals surface area contributed by atoms with Crippen LogP contribution >= 0.6 is 0 Å². The lowest BCUT2D eigenvalue weighted by atomic mass is 10.0. The van der Waals surface area contributed by atoms with Crippen LogP contribution in [0.2, 0.25) is 0 Å². The molecule has 0 saturated heterocycles. The predicted octanol–water partition coefficient (Wildman–Crippen LogP) is 3.70. The summed E-state index contributed by atoms with van der Waals surface area (Å²) in [5.41, 5.74) is 0. The van der Waals surface area contributed by atoms with Gasteiger partial charge in [-0.2, -0.15) is 8.78 Å². The second-order valence-electron chi connectivity index (χ2n) is 6.05. The molecule has 2 rings (SSSR count). The number of hydrogen-bond acceptors (Lipinski definition) is 4. The molecular weight excluding hydrogens is 344 g/mol. The number of ketones is 1. The molecule has 0 heterocycles. The van der Waals surface area contributed by atoms with Crippen molar-refractivity contribution in [2.24, 2.45) is 5.92 Å². The van der Waals surface area contributed by atoms with E-state index in [4.69, 9.17) is 4.74 Å². The number of halogens is 4. The first-order valence-corrected chi connectivity index (χ1v) is 7.97. The van der Waals surface area contributed by atoms with Gasteiger partial charge >= 0.3 is 5.97 Å². The van der Waals surface area contributed by atoms with Gasteiger partial charge in [-0.15, -0.1) is 0 Å². The minimum Gasteiger partial charge on any atom is -0.480 e. The molecule has 25 heavy (non-hydrogen) atoms. The average molecular weight is 362 g/mol. The fourth-order valence-corrected chi connectivity index (χ4v) is 2.57. The molecule has 1 atom stereocenters. The van der Waals surface area contributed by atoms with Gasteiger partial charge in [0.15, 0.2) is 23.2 Å². The van der Waals surface area contributed by atoms with Crippen LogP contribution in [-0.2, 0) is 14.3 Å². The summed E-state index contributed by atoms with van der Waals surface area (Å²) in [6.07, 6.45) is 3.22. The number of hydrogen-bond donors (Lipinski definition) is 0. The van der Waals surface area contributed by atoms with E-state index in [1.54, 1.807) is 0 Å². The van der Waals surface area contributed by atoms with Crippen molar-refractivity contribution >= 4 is 11.8 Å². The second kappa shape index (κ2) is 8.31. The third kappa shape index (κ3) is 4.93. The first-order chi connectivity index (χ1) is 11.8. The fourth-order valence-electron chi connectivity index (χ4n) is 2.57. The van der Waals surface area contributed by atoms with E-state index in [0.29, 0.717) is 0 Å². The molecule has 0 aliphatic heterocycles. The summed E-state index contributed by atoms with van der Waals surface area (Å²) >= 11 is 0. The van der Waals surface area contributed by atoms with Gasteiger partial charge in [0, 0.05) is 12.0 Å². The van der Waals surface area contributed by atoms with Gasteiger partial charge in [-0.3, -0.25) is 9.59 Å². The first kappa shape index (κ1) is 19.2. The highest BCUT2D eigenvalue weighted by molar-refractivity contribution is 5.86. The number of Topliss-reactive ketones (excluding diaryl/α,β-unsaturated/α-hetero) is 1. The van der Waals surface area contributed by atoms with Gasteiger partial charge in [-0.1, -0.05) is 6.92 Å². The molecule has 1 unspecified atom stereocenters.